The van der Waals surface area contributed by atoms with Crippen LogP contribution in [-0.4, -0.2) is 55.4 Å². The Kier molecular flexibility index (Phi) is 5.85. The Morgan fingerprint density at radius 1 is 1.41 bits per heavy atom. The molecule has 6 heteroatoms. The topological polar surface area (TPSA) is 69.6 Å². The number of sulfonamides is 1. The van der Waals surface area contributed by atoms with Gasteiger partial charge in [0.1, 0.15) is 0 Å². The molecule has 0 radical (unpaired) electrons. The number of aliphatic hydroxyl groups excluding tert-OH is 1. The summed E-state index contributed by atoms with van der Waals surface area (Å²) in [5, 5.41) is 12.2. The van der Waals surface area contributed by atoms with Crippen molar-refractivity contribution in [2.45, 2.75) is 45.2 Å². The van der Waals surface area contributed by atoms with Crippen molar-refractivity contribution >= 4 is 10.0 Å². The molecule has 1 saturated heterocycles. The summed E-state index contributed by atoms with van der Waals surface area (Å²) in [7, 11) is -3.27. The van der Waals surface area contributed by atoms with E-state index in [-0.39, 0.29) is 31.0 Å². The highest BCUT2D eigenvalue weighted by molar-refractivity contribution is 7.89. The van der Waals surface area contributed by atoms with Gasteiger partial charge in [0.25, 0.3) is 0 Å². The van der Waals surface area contributed by atoms with E-state index in [1.54, 1.807) is 0 Å². The Hall–Kier alpha value is -0.170. The zero-order chi connectivity index (χ0) is 12.9. The molecule has 0 bridgehead atoms. The van der Waals surface area contributed by atoms with E-state index in [2.05, 4.69) is 5.32 Å². The maximum atomic E-state index is 12.2. The molecule has 0 aliphatic carbocycles. The van der Waals surface area contributed by atoms with Crippen LogP contribution in [0.4, 0.5) is 0 Å². The van der Waals surface area contributed by atoms with Crippen molar-refractivity contribution in [1.82, 2.24) is 9.62 Å². The van der Waals surface area contributed by atoms with Gasteiger partial charge in [-0.25, -0.2) is 8.42 Å². The molecule has 17 heavy (non-hydrogen) atoms. The number of piperidine rings is 1. The lowest BCUT2D eigenvalue weighted by molar-refractivity contribution is 0.235. The summed E-state index contributed by atoms with van der Waals surface area (Å²) in [6.45, 7) is 4.63. The second-order valence-electron chi connectivity index (χ2n) is 4.85. The number of aliphatic hydroxyl groups is 1. The van der Waals surface area contributed by atoms with Gasteiger partial charge in [0.15, 0.2) is 0 Å². The molecule has 0 amide bonds. The predicted octanol–water partition coefficient (Wildman–Crippen LogP) is 0.161. The zero-order valence-corrected chi connectivity index (χ0v) is 11.5. The molecule has 1 heterocycles. The van der Waals surface area contributed by atoms with Crippen molar-refractivity contribution < 1.29 is 13.5 Å². The van der Waals surface area contributed by atoms with Gasteiger partial charge in [0, 0.05) is 18.6 Å². The summed E-state index contributed by atoms with van der Waals surface area (Å²) in [5.41, 5.74) is 0. The van der Waals surface area contributed by atoms with Gasteiger partial charge in [-0.2, -0.15) is 4.31 Å². The van der Waals surface area contributed by atoms with E-state index < -0.39 is 10.0 Å². The molecule has 1 aliphatic rings. The molecule has 0 aromatic heterocycles. The van der Waals surface area contributed by atoms with E-state index in [1.165, 1.54) is 4.31 Å². The van der Waals surface area contributed by atoms with E-state index in [4.69, 9.17) is 5.11 Å². The van der Waals surface area contributed by atoms with Gasteiger partial charge >= 0.3 is 0 Å². The first-order valence-electron chi connectivity index (χ1n) is 6.31. The molecular formula is C11H24N2O3S. The van der Waals surface area contributed by atoms with Gasteiger partial charge < -0.3 is 10.4 Å². The lowest BCUT2D eigenvalue weighted by Gasteiger charge is -2.29. The molecule has 0 aromatic carbocycles. The minimum atomic E-state index is -3.27. The summed E-state index contributed by atoms with van der Waals surface area (Å²) in [6.07, 6.45) is 3.14. The van der Waals surface area contributed by atoms with Crippen LogP contribution in [0.25, 0.3) is 0 Å². The standard InChI is InChI=1S/C11H24N2O3S/c1-10(2)13(7-8-14)17(15,16)9-11-5-3-4-6-12-11/h10-12,14H,3-9H2,1-2H3. The lowest BCUT2D eigenvalue weighted by atomic mass is 10.1. The molecule has 0 spiro atoms. The lowest BCUT2D eigenvalue weighted by Crippen LogP contribution is -2.47. The molecule has 2 N–H and O–H groups in total. The Morgan fingerprint density at radius 2 is 2.12 bits per heavy atom. The Morgan fingerprint density at radius 3 is 2.59 bits per heavy atom. The maximum absolute atomic E-state index is 12.2. The van der Waals surface area contributed by atoms with Crippen molar-refractivity contribution in [2.24, 2.45) is 0 Å². The highest BCUT2D eigenvalue weighted by atomic mass is 32.2. The maximum Gasteiger partial charge on any atom is 0.215 e. The SMILES string of the molecule is CC(C)N(CCO)S(=O)(=O)CC1CCCCN1. The number of hydrogen-bond donors (Lipinski definition) is 2. The second kappa shape index (κ2) is 6.68. The van der Waals surface area contributed by atoms with Gasteiger partial charge in [-0.1, -0.05) is 6.42 Å². The second-order valence-corrected chi connectivity index (χ2v) is 6.82. The Labute approximate surface area is 104 Å². The molecule has 0 saturated carbocycles. The normalized spacial score (nSPS) is 22.3. The molecule has 1 fully saturated rings. The van der Waals surface area contributed by atoms with Crippen molar-refractivity contribution in [2.75, 3.05) is 25.4 Å². The third kappa shape index (κ3) is 4.54. The van der Waals surface area contributed by atoms with Crippen LogP contribution in [0.5, 0.6) is 0 Å². The first kappa shape index (κ1) is 14.9. The third-order valence-electron chi connectivity index (χ3n) is 3.08. The first-order valence-corrected chi connectivity index (χ1v) is 7.92. The summed E-state index contributed by atoms with van der Waals surface area (Å²) >= 11 is 0. The highest BCUT2D eigenvalue weighted by Gasteiger charge is 2.28. The average molecular weight is 264 g/mol. The van der Waals surface area contributed by atoms with E-state index >= 15 is 0 Å². The summed E-state index contributed by atoms with van der Waals surface area (Å²) in [4.78, 5) is 0. The van der Waals surface area contributed by atoms with Crippen molar-refractivity contribution in [3.05, 3.63) is 0 Å². The van der Waals surface area contributed by atoms with Crippen LogP contribution in [-0.2, 0) is 10.0 Å². The Balaban J connectivity index is 2.63. The summed E-state index contributed by atoms with van der Waals surface area (Å²) in [5.74, 6) is 0.144. The molecule has 5 nitrogen and oxygen atoms in total. The van der Waals surface area contributed by atoms with Gasteiger partial charge in [0.05, 0.1) is 12.4 Å². The average Bonchev–Trinajstić information content (AvgIpc) is 2.26. The monoisotopic (exact) mass is 264 g/mol. The summed E-state index contributed by atoms with van der Waals surface area (Å²) < 4.78 is 25.8. The molecule has 102 valence electrons. The minimum Gasteiger partial charge on any atom is -0.395 e. The third-order valence-corrected chi connectivity index (χ3v) is 5.22. The Bertz CT molecular complexity index is 311. The van der Waals surface area contributed by atoms with E-state index in [0.717, 1.165) is 25.8 Å². The van der Waals surface area contributed by atoms with Crippen LogP contribution in [0.15, 0.2) is 0 Å². The number of nitrogens with zero attached hydrogens (tertiary/aromatic N) is 1. The van der Waals surface area contributed by atoms with Crippen LogP contribution in [0, 0.1) is 0 Å². The fourth-order valence-corrected chi connectivity index (χ4v) is 4.22. The fraction of sp³-hybridized carbons (Fsp3) is 1.00. The van der Waals surface area contributed by atoms with Crippen LogP contribution < -0.4 is 5.32 Å². The molecule has 1 unspecified atom stereocenters. The largest absolute Gasteiger partial charge is 0.395 e. The van der Waals surface area contributed by atoms with Gasteiger partial charge in [0.2, 0.25) is 10.0 Å². The molecule has 0 aromatic rings. The fourth-order valence-electron chi connectivity index (χ4n) is 2.23. The summed E-state index contributed by atoms with van der Waals surface area (Å²) in [6, 6.07) is -0.0376. The van der Waals surface area contributed by atoms with Crippen molar-refractivity contribution in [3.63, 3.8) is 0 Å². The van der Waals surface area contributed by atoms with E-state index in [1.807, 2.05) is 13.8 Å². The molecule has 1 atom stereocenters. The molecule has 1 aliphatic heterocycles. The quantitative estimate of drug-likeness (QED) is 0.717. The van der Waals surface area contributed by atoms with E-state index in [0.29, 0.717) is 0 Å². The van der Waals surface area contributed by atoms with Gasteiger partial charge in [-0.3, -0.25) is 0 Å². The van der Waals surface area contributed by atoms with Crippen LogP contribution in [0.1, 0.15) is 33.1 Å². The number of hydrogen-bond acceptors (Lipinski definition) is 4. The zero-order valence-electron chi connectivity index (χ0n) is 10.7. The van der Waals surface area contributed by atoms with Crippen molar-refractivity contribution in [3.8, 4) is 0 Å². The number of rotatable bonds is 6. The molecule has 1 rings (SSSR count). The van der Waals surface area contributed by atoms with Crippen molar-refractivity contribution in [1.29, 1.82) is 0 Å². The minimum absolute atomic E-state index is 0.0636. The van der Waals surface area contributed by atoms with Crippen LogP contribution >= 0.6 is 0 Å². The van der Waals surface area contributed by atoms with Gasteiger partial charge in [-0.05, 0) is 33.2 Å². The van der Waals surface area contributed by atoms with Crippen LogP contribution in [0.2, 0.25) is 0 Å². The van der Waals surface area contributed by atoms with Gasteiger partial charge in [-0.15, -0.1) is 0 Å². The number of nitrogens with one attached hydrogen (secondary N) is 1. The van der Waals surface area contributed by atoms with Crippen LogP contribution in [0.3, 0.4) is 0 Å². The molecular weight excluding hydrogens is 240 g/mol. The smallest absolute Gasteiger partial charge is 0.215 e. The predicted molar refractivity (Wildman–Crippen MR) is 68.4 cm³/mol. The first-order chi connectivity index (χ1) is 7.97. The highest BCUT2D eigenvalue weighted by Crippen LogP contribution is 2.13. The van der Waals surface area contributed by atoms with E-state index in [9.17, 15) is 8.42 Å².